The van der Waals surface area contributed by atoms with Crippen LogP contribution in [0.15, 0.2) is 37.1 Å². The van der Waals surface area contributed by atoms with Crippen LogP contribution in [-0.4, -0.2) is 84.6 Å². The van der Waals surface area contributed by atoms with E-state index in [0.717, 1.165) is 93.6 Å². The first kappa shape index (κ1) is 25.3. The average molecular weight is 518 g/mol. The van der Waals surface area contributed by atoms with Gasteiger partial charge in [0.25, 0.3) is 0 Å². The lowest BCUT2D eigenvalue weighted by atomic mass is 9.89. The fraction of sp³-hybridized carbons (Fsp3) is 0.533. The second-order valence-corrected chi connectivity index (χ2v) is 11.2. The van der Waals surface area contributed by atoms with Gasteiger partial charge in [-0.15, -0.1) is 0 Å². The summed E-state index contributed by atoms with van der Waals surface area (Å²) in [6, 6.07) is 7.39. The Morgan fingerprint density at radius 1 is 1.18 bits per heavy atom. The van der Waals surface area contributed by atoms with Gasteiger partial charge in [-0.05, 0) is 87.1 Å². The fourth-order valence-corrected chi connectivity index (χ4v) is 6.53. The number of likely N-dealkylation sites (N-methyl/N-ethyl adjacent to an activating group) is 1. The largest absolute Gasteiger partial charge is 0.486 e. The van der Waals surface area contributed by atoms with Gasteiger partial charge in [0, 0.05) is 56.7 Å². The third-order valence-electron chi connectivity index (χ3n) is 8.81. The number of carbonyl (C=O) groups is 1. The van der Waals surface area contributed by atoms with E-state index in [1.54, 1.807) is 0 Å². The molecule has 4 aliphatic heterocycles. The highest BCUT2D eigenvalue weighted by Crippen LogP contribution is 2.41. The number of nitrogens with one attached hydrogen (secondary N) is 1. The summed E-state index contributed by atoms with van der Waals surface area (Å²) in [7, 11) is 2.23. The molecule has 0 aliphatic carbocycles. The first-order chi connectivity index (χ1) is 18.5. The second kappa shape index (κ2) is 10.7. The van der Waals surface area contributed by atoms with Gasteiger partial charge in [0.15, 0.2) is 0 Å². The number of nitrogens with zero attached hydrogens (tertiary/aromatic N) is 4. The molecule has 3 fully saturated rings. The number of aromatic nitrogens is 1. The molecule has 1 amide bonds. The molecule has 0 spiro atoms. The van der Waals surface area contributed by atoms with Gasteiger partial charge < -0.3 is 19.7 Å². The summed E-state index contributed by atoms with van der Waals surface area (Å²) < 4.78 is 12.1. The maximum absolute atomic E-state index is 12.0. The van der Waals surface area contributed by atoms with Crippen molar-refractivity contribution in [1.29, 1.82) is 0 Å². The predicted octanol–water partition coefficient (Wildman–Crippen LogP) is 4.00. The standard InChI is InChI=1S/C30H39N5O3/c1-4-28(36)35-16-23(17-35)34-11-5-10-33(3)27(18-34)22-14-20(2)29-26(15-22)32-30-25(19-38-29)24(6-9-31-30)21-7-12-37-13-8-21/h4,6,9,14-15,21,23,27H,1,5,7-8,10-13,16-19H2,2-3H3,(H,31,32)/t27-/m0/s1. The normalized spacial score (nSPS) is 23.2. The van der Waals surface area contributed by atoms with Crippen LogP contribution in [-0.2, 0) is 16.1 Å². The Kier molecular flexibility index (Phi) is 7.12. The first-order valence-electron chi connectivity index (χ1n) is 14.0. The highest BCUT2D eigenvalue weighted by atomic mass is 16.5. The molecule has 1 atom stereocenters. The van der Waals surface area contributed by atoms with E-state index >= 15 is 0 Å². The number of anilines is 2. The van der Waals surface area contributed by atoms with E-state index in [1.807, 2.05) is 11.1 Å². The van der Waals surface area contributed by atoms with Crippen molar-refractivity contribution in [1.82, 2.24) is 19.7 Å². The SMILES string of the molecule is C=CC(=O)N1CC(N2CCCN(C)[C@H](c3cc(C)c4c(c3)Nc3nccc(C5CCOCC5)c3CO4)C2)C1. The number of hydrogen-bond donors (Lipinski definition) is 1. The molecule has 0 radical (unpaired) electrons. The summed E-state index contributed by atoms with van der Waals surface area (Å²) in [4.78, 5) is 23.6. The van der Waals surface area contributed by atoms with Crippen molar-refractivity contribution in [3.8, 4) is 5.75 Å². The van der Waals surface area contributed by atoms with Crippen LogP contribution in [0.3, 0.4) is 0 Å². The van der Waals surface area contributed by atoms with Gasteiger partial charge in [-0.2, -0.15) is 0 Å². The van der Waals surface area contributed by atoms with Gasteiger partial charge >= 0.3 is 0 Å². The summed E-state index contributed by atoms with van der Waals surface area (Å²) in [5.74, 6) is 2.33. The summed E-state index contributed by atoms with van der Waals surface area (Å²) >= 11 is 0. The van der Waals surface area contributed by atoms with Gasteiger partial charge in [0.2, 0.25) is 5.91 Å². The zero-order valence-corrected chi connectivity index (χ0v) is 22.6. The molecule has 202 valence electrons. The lowest BCUT2D eigenvalue weighted by Crippen LogP contribution is -2.61. The van der Waals surface area contributed by atoms with Crippen molar-refractivity contribution in [3.05, 3.63) is 59.3 Å². The molecular formula is C30H39N5O3. The van der Waals surface area contributed by atoms with E-state index in [1.165, 1.54) is 17.2 Å². The van der Waals surface area contributed by atoms with Crippen molar-refractivity contribution in [3.63, 3.8) is 0 Å². The minimum atomic E-state index is 0.0334. The zero-order valence-electron chi connectivity index (χ0n) is 22.6. The summed E-state index contributed by atoms with van der Waals surface area (Å²) in [6.45, 7) is 12.5. The Morgan fingerprint density at radius 3 is 2.79 bits per heavy atom. The maximum Gasteiger partial charge on any atom is 0.246 e. The van der Waals surface area contributed by atoms with Crippen LogP contribution < -0.4 is 10.1 Å². The molecule has 1 N–H and O–H groups in total. The number of likely N-dealkylation sites (tertiary alicyclic amines) is 1. The van der Waals surface area contributed by atoms with E-state index < -0.39 is 0 Å². The first-order valence-corrected chi connectivity index (χ1v) is 14.0. The van der Waals surface area contributed by atoms with Gasteiger partial charge in [-0.3, -0.25) is 14.6 Å². The monoisotopic (exact) mass is 517 g/mol. The van der Waals surface area contributed by atoms with Crippen LogP contribution in [0.25, 0.3) is 0 Å². The van der Waals surface area contributed by atoms with E-state index in [4.69, 9.17) is 14.5 Å². The molecule has 1 aromatic carbocycles. The van der Waals surface area contributed by atoms with E-state index in [0.29, 0.717) is 18.6 Å². The smallest absolute Gasteiger partial charge is 0.246 e. The number of amides is 1. The Hall–Kier alpha value is -2.94. The van der Waals surface area contributed by atoms with Crippen molar-refractivity contribution < 1.29 is 14.3 Å². The molecule has 4 aliphatic rings. The van der Waals surface area contributed by atoms with Crippen molar-refractivity contribution in [2.24, 2.45) is 0 Å². The number of aryl methyl sites for hydroxylation is 1. The maximum atomic E-state index is 12.0. The van der Waals surface area contributed by atoms with Gasteiger partial charge in [0.05, 0.1) is 5.69 Å². The van der Waals surface area contributed by atoms with Gasteiger partial charge in [-0.1, -0.05) is 12.6 Å². The minimum Gasteiger partial charge on any atom is -0.486 e. The molecule has 0 unspecified atom stereocenters. The Morgan fingerprint density at radius 2 is 2.00 bits per heavy atom. The van der Waals surface area contributed by atoms with Crippen LogP contribution in [0.5, 0.6) is 5.75 Å². The number of ether oxygens (including phenoxy) is 2. The number of fused-ring (bicyclic) bond motifs is 2. The molecule has 8 nitrogen and oxygen atoms in total. The number of pyridine rings is 1. The highest BCUT2D eigenvalue weighted by molar-refractivity contribution is 5.87. The topological polar surface area (TPSA) is 70.2 Å². The van der Waals surface area contributed by atoms with E-state index in [-0.39, 0.29) is 11.9 Å². The summed E-state index contributed by atoms with van der Waals surface area (Å²) in [5, 5.41) is 3.66. The Balaban J connectivity index is 1.26. The Labute approximate surface area is 225 Å². The number of carbonyl (C=O) groups excluding carboxylic acids is 1. The molecule has 5 heterocycles. The molecule has 0 saturated carbocycles. The summed E-state index contributed by atoms with van der Waals surface area (Å²) in [6.07, 6.45) is 6.54. The molecule has 38 heavy (non-hydrogen) atoms. The van der Waals surface area contributed by atoms with Gasteiger partial charge in [0.1, 0.15) is 18.2 Å². The van der Waals surface area contributed by atoms with Crippen LogP contribution in [0.2, 0.25) is 0 Å². The van der Waals surface area contributed by atoms with Crippen molar-refractivity contribution in [2.45, 2.75) is 50.8 Å². The van der Waals surface area contributed by atoms with Gasteiger partial charge in [-0.25, -0.2) is 4.98 Å². The predicted molar refractivity (Wildman–Crippen MR) is 148 cm³/mol. The third-order valence-corrected chi connectivity index (χ3v) is 8.81. The molecule has 8 heteroatoms. The minimum absolute atomic E-state index is 0.0334. The third kappa shape index (κ3) is 4.81. The fourth-order valence-electron chi connectivity index (χ4n) is 6.53. The zero-order chi connectivity index (χ0) is 26.2. The van der Waals surface area contributed by atoms with E-state index in [2.05, 4.69) is 53.9 Å². The van der Waals surface area contributed by atoms with Crippen LogP contribution in [0.4, 0.5) is 11.5 Å². The molecule has 3 saturated heterocycles. The lowest BCUT2D eigenvalue weighted by Gasteiger charge is -2.45. The molecule has 0 bridgehead atoms. The lowest BCUT2D eigenvalue weighted by molar-refractivity contribution is -0.133. The highest BCUT2D eigenvalue weighted by Gasteiger charge is 2.37. The molecule has 2 aromatic rings. The number of rotatable bonds is 4. The van der Waals surface area contributed by atoms with Crippen LogP contribution in [0, 0.1) is 6.92 Å². The molecular weight excluding hydrogens is 478 g/mol. The molecule has 1 aromatic heterocycles. The quantitative estimate of drug-likeness (QED) is 0.615. The summed E-state index contributed by atoms with van der Waals surface area (Å²) in [5.41, 5.74) is 5.92. The average Bonchev–Trinajstić information content (AvgIpc) is 3.21. The number of benzene rings is 1. The Bertz CT molecular complexity index is 1200. The van der Waals surface area contributed by atoms with E-state index in [9.17, 15) is 4.79 Å². The van der Waals surface area contributed by atoms with Crippen LogP contribution >= 0.6 is 0 Å². The van der Waals surface area contributed by atoms with Crippen LogP contribution in [0.1, 0.15) is 53.5 Å². The van der Waals surface area contributed by atoms with Crippen molar-refractivity contribution in [2.75, 3.05) is 58.3 Å². The molecule has 6 rings (SSSR count). The van der Waals surface area contributed by atoms with Crippen molar-refractivity contribution >= 4 is 17.4 Å². The second-order valence-electron chi connectivity index (χ2n) is 11.2. The number of hydrogen-bond acceptors (Lipinski definition) is 7.